The standard InChI is InChI=1S/C9H18O4.CH4/c1-3-4-11-12-6-9-8(10)5-7(2)13-9;/h7-10H,3-6H2,1-2H3;1H4/t7-,8-,9+;/m0./s1. The molecule has 0 aromatic carbocycles. The van der Waals surface area contributed by atoms with Gasteiger partial charge in [0, 0.05) is 6.42 Å². The van der Waals surface area contributed by atoms with Crippen molar-refractivity contribution in [2.75, 3.05) is 13.2 Å². The second-order valence-corrected chi connectivity index (χ2v) is 3.39. The van der Waals surface area contributed by atoms with Crippen molar-refractivity contribution in [2.45, 2.75) is 52.4 Å². The Bertz CT molecular complexity index is 140. The van der Waals surface area contributed by atoms with Crippen molar-refractivity contribution in [1.29, 1.82) is 0 Å². The van der Waals surface area contributed by atoms with Crippen LogP contribution in [-0.4, -0.2) is 36.6 Å². The van der Waals surface area contributed by atoms with Crippen LogP contribution in [0.1, 0.15) is 34.1 Å². The molecular formula is C10H22O4. The number of aliphatic hydroxyl groups is 1. The molecule has 4 nitrogen and oxygen atoms in total. The van der Waals surface area contributed by atoms with Gasteiger partial charge in [0.25, 0.3) is 0 Å². The van der Waals surface area contributed by atoms with Gasteiger partial charge in [0.05, 0.1) is 18.8 Å². The van der Waals surface area contributed by atoms with E-state index in [4.69, 9.17) is 14.5 Å². The van der Waals surface area contributed by atoms with E-state index >= 15 is 0 Å². The second-order valence-electron chi connectivity index (χ2n) is 3.39. The first-order chi connectivity index (χ1) is 6.24. The molecule has 1 aliphatic rings. The first-order valence-corrected chi connectivity index (χ1v) is 4.82. The van der Waals surface area contributed by atoms with E-state index in [2.05, 4.69) is 0 Å². The van der Waals surface area contributed by atoms with Gasteiger partial charge < -0.3 is 9.84 Å². The quantitative estimate of drug-likeness (QED) is 0.421. The number of hydrogen-bond donors (Lipinski definition) is 1. The molecule has 4 heteroatoms. The van der Waals surface area contributed by atoms with Gasteiger partial charge in [0.2, 0.25) is 0 Å². The lowest BCUT2D eigenvalue weighted by Gasteiger charge is -2.13. The normalized spacial score (nSPS) is 31.5. The molecule has 0 aromatic heterocycles. The van der Waals surface area contributed by atoms with Gasteiger partial charge in [-0.1, -0.05) is 14.4 Å². The van der Waals surface area contributed by atoms with E-state index < -0.39 is 6.10 Å². The molecule has 1 N–H and O–H groups in total. The van der Waals surface area contributed by atoms with Gasteiger partial charge >= 0.3 is 0 Å². The van der Waals surface area contributed by atoms with Crippen molar-refractivity contribution in [3.63, 3.8) is 0 Å². The van der Waals surface area contributed by atoms with E-state index in [0.29, 0.717) is 19.6 Å². The van der Waals surface area contributed by atoms with Gasteiger partial charge in [0.1, 0.15) is 12.7 Å². The summed E-state index contributed by atoms with van der Waals surface area (Å²) in [6.45, 7) is 4.84. The number of ether oxygens (including phenoxy) is 1. The molecule has 0 radical (unpaired) electrons. The summed E-state index contributed by atoms with van der Waals surface area (Å²) in [5.41, 5.74) is 0. The maximum Gasteiger partial charge on any atom is 0.111 e. The van der Waals surface area contributed by atoms with Crippen molar-refractivity contribution >= 4 is 0 Å². The Hall–Kier alpha value is -0.160. The van der Waals surface area contributed by atoms with E-state index in [-0.39, 0.29) is 19.6 Å². The maximum absolute atomic E-state index is 9.46. The zero-order valence-corrected chi connectivity index (χ0v) is 8.23. The summed E-state index contributed by atoms with van der Waals surface area (Å²) >= 11 is 0. The van der Waals surface area contributed by atoms with E-state index in [1.54, 1.807) is 0 Å². The first-order valence-electron chi connectivity index (χ1n) is 4.82. The molecule has 1 heterocycles. The van der Waals surface area contributed by atoms with Gasteiger partial charge in [-0.15, -0.1) is 0 Å². The lowest BCUT2D eigenvalue weighted by Crippen LogP contribution is -2.26. The molecule has 0 bridgehead atoms. The van der Waals surface area contributed by atoms with Crippen LogP contribution in [0.2, 0.25) is 0 Å². The summed E-state index contributed by atoms with van der Waals surface area (Å²) in [4.78, 5) is 9.73. The predicted octanol–water partition coefficient (Wildman–Crippen LogP) is 1.52. The fraction of sp³-hybridized carbons (Fsp3) is 1.00. The Morgan fingerprint density at radius 2 is 2.14 bits per heavy atom. The van der Waals surface area contributed by atoms with Crippen molar-refractivity contribution in [3.05, 3.63) is 0 Å². The summed E-state index contributed by atoms with van der Waals surface area (Å²) in [6, 6.07) is 0. The molecular weight excluding hydrogens is 184 g/mol. The largest absolute Gasteiger partial charge is 0.390 e. The van der Waals surface area contributed by atoms with E-state index in [1.807, 2.05) is 13.8 Å². The molecule has 0 aromatic rings. The molecule has 0 amide bonds. The Kier molecular flexibility index (Phi) is 7.09. The third-order valence-corrected chi connectivity index (χ3v) is 2.01. The highest BCUT2D eigenvalue weighted by Crippen LogP contribution is 2.19. The minimum Gasteiger partial charge on any atom is -0.390 e. The second kappa shape index (κ2) is 7.17. The first kappa shape index (κ1) is 13.8. The molecule has 3 atom stereocenters. The fourth-order valence-corrected chi connectivity index (χ4v) is 1.34. The van der Waals surface area contributed by atoms with E-state index in [0.717, 1.165) is 6.42 Å². The smallest absolute Gasteiger partial charge is 0.111 e. The van der Waals surface area contributed by atoms with Crippen LogP contribution in [-0.2, 0) is 14.5 Å². The highest BCUT2D eigenvalue weighted by atomic mass is 17.2. The molecule has 14 heavy (non-hydrogen) atoms. The Morgan fingerprint density at radius 3 is 2.64 bits per heavy atom. The van der Waals surface area contributed by atoms with Crippen molar-refractivity contribution in [2.24, 2.45) is 0 Å². The monoisotopic (exact) mass is 206 g/mol. The topological polar surface area (TPSA) is 47.9 Å². The van der Waals surface area contributed by atoms with Gasteiger partial charge in [-0.05, 0) is 13.3 Å². The Balaban J connectivity index is 0.00000169. The molecule has 1 saturated heterocycles. The van der Waals surface area contributed by atoms with Gasteiger partial charge in [-0.25, -0.2) is 9.78 Å². The van der Waals surface area contributed by atoms with Gasteiger partial charge in [0.15, 0.2) is 0 Å². The molecule has 1 fully saturated rings. The molecule has 1 rings (SSSR count). The van der Waals surface area contributed by atoms with Crippen LogP contribution in [0.4, 0.5) is 0 Å². The zero-order chi connectivity index (χ0) is 9.68. The average molecular weight is 206 g/mol. The van der Waals surface area contributed by atoms with Gasteiger partial charge in [-0.2, -0.15) is 0 Å². The predicted molar refractivity (Wildman–Crippen MR) is 53.9 cm³/mol. The van der Waals surface area contributed by atoms with Crippen LogP contribution in [0.5, 0.6) is 0 Å². The summed E-state index contributed by atoms with van der Waals surface area (Å²) in [5.74, 6) is 0. The molecule has 1 aliphatic heterocycles. The highest BCUT2D eigenvalue weighted by Gasteiger charge is 2.31. The molecule has 0 unspecified atom stereocenters. The molecule has 0 saturated carbocycles. The lowest BCUT2D eigenvalue weighted by molar-refractivity contribution is -0.308. The SMILES string of the molecule is C.CCCOOC[C@H]1O[C@@H](C)C[C@@H]1O. The summed E-state index contributed by atoms with van der Waals surface area (Å²) in [7, 11) is 0. The van der Waals surface area contributed by atoms with E-state index in [1.165, 1.54) is 0 Å². The van der Waals surface area contributed by atoms with E-state index in [9.17, 15) is 5.11 Å². The average Bonchev–Trinajstić information content (AvgIpc) is 2.39. The van der Waals surface area contributed by atoms with Crippen molar-refractivity contribution in [3.8, 4) is 0 Å². The van der Waals surface area contributed by atoms with Crippen LogP contribution >= 0.6 is 0 Å². The Labute approximate surface area is 86.1 Å². The minimum absolute atomic E-state index is 0. The summed E-state index contributed by atoms with van der Waals surface area (Å²) in [5, 5.41) is 9.46. The van der Waals surface area contributed by atoms with Crippen LogP contribution in [0.25, 0.3) is 0 Å². The number of hydrogen-bond acceptors (Lipinski definition) is 4. The molecule has 0 aliphatic carbocycles. The molecule has 0 spiro atoms. The fourth-order valence-electron chi connectivity index (χ4n) is 1.34. The highest BCUT2D eigenvalue weighted by molar-refractivity contribution is 4.79. The molecule has 86 valence electrons. The summed E-state index contributed by atoms with van der Waals surface area (Å²) < 4.78 is 5.40. The van der Waals surface area contributed by atoms with Crippen LogP contribution in [0, 0.1) is 0 Å². The number of aliphatic hydroxyl groups excluding tert-OH is 1. The van der Waals surface area contributed by atoms with Crippen LogP contribution in [0.3, 0.4) is 0 Å². The van der Waals surface area contributed by atoms with Gasteiger partial charge in [-0.3, -0.25) is 0 Å². The summed E-state index contributed by atoms with van der Waals surface area (Å²) in [6.07, 6.45) is 1.08. The Morgan fingerprint density at radius 1 is 1.43 bits per heavy atom. The third-order valence-electron chi connectivity index (χ3n) is 2.01. The van der Waals surface area contributed by atoms with Crippen LogP contribution in [0.15, 0.2) is 0 Å². The maximum atomic E-state index is 9.46. The number of rotatable bonds is 5. The van der Waals surface area contributed by atoms with Crippen LogP contribution < -0.4 is 0 Å². The third kappa shape index (κ3) is 4.37. The minimum atomic E-state index is -0.416. The van der Waals surface area contributed by atoms with Crippen molar-refractivity contribution < 1.29 is 19.6 Å². The zero-order valence-electron chi connectivity index (χ0n) is 8.23. The van der Waals surface area contributed by atoms with Crippen molar-refractivity contribution in [1.82, 2.24) is 0 Å². The lowest BCUT2D eigenvalue weighted by atomic mass is 10.1.